The molecule has 4 amide bonds. The van der Waals surface area contributed by atoms with E-state index in [2.05, 4.69) is 51.5 Å². The number of piperazine rings is 1. The summed E-state index contributed by atoms with van der Waals surface area (Å²) in [5.41, 5.74) is 18.7. The van der Waals surface area contributed by atoms with E-state index in [1.54, 1.807) is 19.1 Å². The molecule has 2 fully saturated rings. The van der Waals surface area contributed by atoms with E-state index in [1.165, 1.54) is 35.3 Å². The van der Waals surface area contributed by atoms with E-state index in [0.717, 1.165) is 10.8 Å². The number of carboxylic acid groups (broad SMARTS) is 2. The van der Waals surface area contributed by atoms with Gasteiger partial charge < -0.3 is 73.8 Å². The molecule has 0 spiro atoms. The van der Waals surface area contributed by atoms with Crippen molar-refractivity contribution in [2.75, 3.05) is 47.2 Å². The highest BCUT2D eigenvalue weighted by Crippen LogP contribution is 2.59. The average Bonchev–Trinajstić information content (AvgIpc) is 3.86. The fourth-order valence-corrected chi connectivity index (χ4v) is 9.89. The zero-order chi connectivity index (χ0) is 49.7. The van der Waals surface area contributed by atoms with E-state index in [9.17, 15) is 54.0 Å². The highest BCUT2D eigenvalue weighted by atomic mass is 33.1. The number of anilines is 3. The third kappa shape index (κ3) is 11.5. The Morgan fingerprint density at radius 3 is 2.49 bits per heavy atom. The lowest BCUT2D eigenvalue weighted by atomic mass is 9.91. The van der Waals surface area contributed by atoms with Crippen LogP contribution in [0.5, 0.6) is 11.5 Å². The van der Waals surface area contributed by atoms with Gasteiger partial charge in [-0.15, -0.1) is 0 Å². The number of nitrogen functional groups attached to an aromatic ring is 1. The van der Waals surface area contributed by atoms with Gasteiger partial charge >= 0.3 is 18.0 Å². The molecule has 3 aliphatic heterocycles. The van der Waals surface area contributed by atoms with Crippen molar-refractivity contribution in [1.82, 2.24) is 41.2 Å². The molecular weight excluding hydrogens is 945 g/mol. The summed E-state index contributed by atoms with van der Waals surface area (Å²) < 4.78 is 5.13. The number of H-pyrrole nitrogens is 1. The van der Waals surface area contributed by atoms with E-state index in [1.807, 2.05) is 4.90 Å². The fourth-order valence-electron chi connectivity index (χ4n) is 8.03. The molecule has 5 heterocycles. The number of rotatable bonds is 22. The lowest BCUT2D eigenvalue weighted by Gasteiger charge is -2.25. The number of phenols is 2. The van der Waals surface area contributed by atoms with Crippen LogP contribution in [0.4, 0.5) is 27.8 Å². The van der Waals surface area contributed by atoms with Gasteiger partial charge in [-0.1, -0.05) is 21.6 Å². The molecule has 26 nitrogen and oxygen atoms in total. The van der Waals surface area contributed by atoms with Gasteiger partial charge in [0.1, 0.15) is 41.9 Å². The average molecular weight is 993 g/mol. The van der Waals surface area contributed by atoms with E-state index in [4.69, 9.17) is 21.9 Å². The molecule has 0 saturated carbocycles. The highest BCUT2D eigenvalue weighted by molar-refractivity contribution is 8.76. The molecule has 7 unspecified atom stereocenters. The van der Waals surface area contributed by atoms with Crippen molar-refractivity contribution >= 4 is 97.7 Å². The van der Waals surface area contributed by atoms with Crippen LogP contribution in [-0.2, 0) is 30.5 Å². The van der Waals surface area contributed by atoms with Crippen molar-refractivity contribution in [3.63, 3.8) is 0 Å². The smallest absolute Gasteiger partial charge is 0.404 e. The fraction of sp³-hybridized carbons (Fsp3) is 0.390. The number of carbonyl (C=O) groups is 6. The summed E-state index contributed by atoms with van der Waals surface area (Å²) >= 11 is 0. The van der Waals surface area contributed by atoms with E-state index in [0.29, 0.717) is 34.7 Å². The summed E-state index contributed by atoms with van der Waals surface area (Å²) in [7, 11) is 2.31. The second kappa shape index (κ2) is 21.3. The first-order valence-corrected chi connectivity index (χ1v) is 23.6. The van der Waals surface area contributed by atoms with Crippen LogP contribution in [0.1, 0.15) is 45.9 Å². The van der Waals surface area contributed by atoms with Crippen LogP contribution in [0.25, 0.3) is 11.2 Å². The van der Waals surface area contributed by atoms with Crippen LogP contribution in [0.2, 0.25) is 0 Å². The summed E-state index contributed by atoms with van der Waals surface area (Å²) in [6.07, 6.45) is 1.26. The number of aromatic nitrogens is 4. The first-order valence-electron chi connectivity index (χ1n) is 21.2. The lowest BCUT2D eigenvalue weighted by molar-refractivity contribution is -0.141. The van der Waals surface area contributed by atoms with Crippen molar-refractivity contribution < 1.29 is 53.9 Å². The molecular formula is C41H48N14O12S2. The Bertz CT molecular complexity index is 2760. The molecule has 4 aromatic rings. The zero-order valence-electron chi connectivity index (χ0n) is 36.5. The normalized spacial score (nSPS) is 18.9. The Morgan fingerprint density at radius 1 is 1.04 bits per heavy atom. The number of aliphatic imine (C=N–C) groups is 1. The predicted molar refractivity (Wildman–Crippen MR) is 253 cm³/mol. The van der Waals surface area contributed by atoms with Gasteiger partial charge in [-0.05, 0) is 37.6 Å². The van der Waals surface area contributed by atoms with Gasteiger partial charge in [-0.3, -0.25) is 29.2 Å². The molecule has 0 radical (unpaired) electrons. The number of phenolic OH excluding ortho intramolecular Hbond substituents is 2. The summed E-state index contributed by atoms with van der Waals surface area (Å²) in [6, 6.07) is 2.01. The van der Waals surface area contributed by atoms with Gasteiger partial charge in [0.05, 0.1) is 30.2 Å². The largest absolute Gasteiger partial charge is 0.505 e. The highest BCUT2D eigenvalue weighted by Gasteiger charge is 2.60. The monoisotopic (exact) mass is 992 g/mol. The number of carboxylic acids is 2. The number of hydrogen-bond acceptors (Lipinski definition) is 21. The number of carbonyl (C=O) groups excluding carboxylic acids is 4. The third-order valence-electron chi connectivity index (χ3n) is 11.5. The van der Waals surface area contributed by atoms with Crippen molar-refractivity contribution in [3.05, 3.63) is 63.2 Å². The molecule has 2 aromatic carbocycles. The topological polar surface area (TPSA) is 428 Å². The Balaban J connectivity index is 0.818. The molecule has 0 aliphatic carbocycles. The Morgan fingerprint density at radius 2 is 1.78 bits per heavy atom. The maximum absolute atomic E-state index is 12.9. The lowest BCUT2D eigenvalue weighted by Crippen LogP contribution is -2.53. The van der Waals surface area contributed by atoms with Gasteiger partial charge in [0.2, 0.25) is 17.8 Å². The number of nitrogens with two attached hydrogens (primary N) is 3. The van der Waals surface area contributed by atoms with Gasteiger partial charge in [-0.25, -0.2) is 24.4 Å². The number of nitrogens with one attached hydrogen (secondary N) is 6. The Hall–Kier alpha value is -7.43. The molecule has 16 N–H and O–H groups in total. The summed E-state index contributed by atoms with van der Waals surface area (Å²) in [6.45, 7) is 1.88. The van der Waals surface area contributed by atoms with Gasteiger partial charge in [0.15, 0.2) is 11.2 Å². The SMILES string of the molecule is Cc1c(O)c2c(c(O)c1N=CCSSCC(NC(=O)C(N)CNC(=O)CCC(NC(=O)c1ccc(NCc3cnc4nc(N)[nH]c(=O)c4n3)cc1)C(=O)O)C(=O)O)C(COC(N)=O)C1C3NC3CN21. The minimum atomic E-state index is -1.45. The van der Waals surface area contributed by atoms with Crippen LogP contribution in [0, 0.1) is 6.92 Å². The van der Waals surface area contributed by atoms with Gasteiger partial charge in [0.25, 0.3) is 11.5 Å². The molecule has 366 valence electrons. The summed E-state index contributed by atoms with van der Waals surface area (Å²) in [4.78, 5) is 107. The maximum atomic E-state index is 12.9. The van der Waals surface area contributed by atoms with Crippen molar-refractivity contribution in [2.45, 2.75) is 68.5 Å². The Labute approximate surface area is 398 Å². The molecule has 2 saturated heterocycles. The first kappa shape index (κ1) is 49.5. The molecule has 7 atom stereocenters. The number of primary amides is 1. The van der Waals surface area contributed by atoms with Crippen LogP contribution in [0.3, 0.4) is 0 Å². The number of aliphatic carboxylic acids is 2. The minimum absolute atomic E-state index is 0.0133. The molecule has 2 aromatic heterocycles. The second-order valence-corrected chi connectivity index (χ2v) is 18.7. The number of hydrogen-bond donors (Lipinski definition) is 13. The van der Waals surface area contributed by atoms with E-state index < -0.39 is 71.9 Å². The van der Waals surface area contributed by atoms with E-state index >= 15 is 0 Å². The standard InChI is InChI=1S/C41H48N14O12S2/c1-16-27(33(58)26-20(14-67-41(44)66)30-28-23(50-28)13-55(30)31(26)32(16)57)45-8-9-68-69-15-24(39(64)65)52-36(60)21(42)12-47-25(56)7-6-22(38(62)63)51-35(59)17-2-4-18(5-3-17)46-10-19-11-48-34-29(49-19)37(61)54-40(43)53-34/h2-5,8,11,20-24,28,30,46,50,57-58H,6-7,9-10,12-15,42H2,1H3,(H2,44,66)(H,47,56)(H,51,59)(H,52,60)(H,62,63)(H,64,65)(H3,43,48,53,54,61). The van der Waals surface area contributed by atoms with Crippen LogP contribution >= 0.6 is 21.6 Å². The molecule has 28 heteroatoms. The van der Waals surface area contributed by atoms with Crippen LogP contribution < -0.4 is 54.2 Å². The van der Waals surface area contributed by atoms with Gasteiger partial charge in [0, 0.05) is 77.6 Å². The number of benzene rings is 2. The number of nitrogens with zero attached hydrogens (tertiary/aromatic N) is 5. The Kier molecular flexibility index (Phi) is 15.2. The second-order valence-electron chi connectivity index (χ2n) is 16.1. The number of amides is 4. The quantitative estimate of drug-likeness (QED) is 0.0149. The van der Waals surface area contributed by atoms with Crippen molar-refractivity contribution in [1.29, 1.82) is 0 Å². The summed E-state index contributed by atoms with van der Waals surface area (Å²) in [5, 5.41) is 55.7. The molecule has 69 heavy (non-hydrogen) atoms. The summed E-state index contributed by atoms with van der Waals surface area (Å²) in [5.74, 6) is -5.65. The number of ether oxygens (including phenoxy) is 1. The molecule has 7 rings (SSSR count). The number of aromatic amines is 1. The predicted octanol–water partition coefficient (Wildman–Crippen LogP) is -0.891. The van der Waals surface area contributed by atoms with Gasteiger partial charge in [-0.2, -0.15) is 4.98 Å². The van der Waals surface area contributed by atoms with Crippen molar-refractivity contribution in [2.24, 2.45) is 16.5 Å². The zero-order valence-corrected chi connectivity index (χ0v) is 38.1. The minimum Gasteiger partial charge on any atom is -0.505 e. The van der Waals surface area contributed by atoms with Crippen LogP contribution in [0.15, 0.2) is 40.2 Å². The maximum Gasteiger partial charge on any atom is 0.404 e. The molecule has 3 aliphatic rings. The third-order valence-corrected chi connectivity index (χ3v) is 13.8. The van der Waals surface area contributed by atoms with E-state index in [-0.39, 0.29) is 95.5 Å². The molecule has 0 bridgehead atoms. The van der Waals surface area contributed by atoms with Crippen LogP contribution in [-0.4, -0.2) is 150 Å². The number of fused-ring (bicyclic) bond motifs is 6. The number of aromatic hydroxyl groups is 2. The first-order chi connectivity index (χ1) is 32.9. The van der Waals surface area contributed by atoms with Crippen molar-refractivity contribution in [3.8, 4) is 11.5 Å².